The number of nitrogens with zero attached hydrogens (tertiary/aromatic N) is 2. The van der Waals surface area contributed by atoms with Crippen LogP contribution >= 0.6 is 11.3 Å². The molecule has 32 heavy (non-hydrogen) atoms. The Balaban J connectivity index is 0.00000306. The molecule has 1 N–H and O–H groups in total. The molecule has 0 radical (unpaired) electrons. The zero-order chi connectivity index (χ0) is 22.9. The number of aryl methyl sites for hydroxylation is 1. The van der Waals surface area contributed by atoms with Gasteiger partial charge in [0.15, 0.2) is 5.82 Å². The molecule has 0 aliphatic heterocycles. The highest BCUT2D eigenvalue weighted by atomic mass is 32.1. The Kier molecular flexibility index (Phi) is 5.74. The molecule has 0 fully saturated rings. The monoisotopic (exact) mass is 465 g/mol. The van der Waals surface area contributed by atoms with Crippen LogP contribution in [0.2, 0.25) is 0 Å². The fraction of sp³-hybridized carbons (Fsp3) is 0.190. The van der Waals surface area contributed by atoms with Gasteiger partial charge in [0.2, 0.25) is 0 Å². The molecule has 11 heteroatoms. The van der Waals surface area contributed by atoms with Gasteiger partial charge in [0, 0.05) is 13.1 Å². The maximum atomic E-state index is 12.8. The van der Waals surface area contributed by atoms with Crippen molar-refractivity contribution in [3.63, 3.8) is 0 Å². The lowest BCUT2D eigenvalue weighted by molar-refractivity contribution is -0.137. The molecule has 4 aromatic rings. The number of aromatic amines is 1. The third-order valence-corrected chi connectivity index (χ3v) is 5.77. The Labute approximate surface area is 184 Å². The van der Waals surface area contributed by atoms with Gasteiger partial charge in [-0.05, 0) is 31.2 Å². The summed E-state index contributed by atoms with van der Waals surface area (Å²) in [6.07, 6.45) is -4.38. The number of ether oxygens (including phenoxy) is 2. The number of aromatic nitrogens is 3. The van der Waals surface area contributed by atoms with Crippen molar-refractivity contribution in [3.8, 4) is 33.5 Å². The molecule has 4 rings (SSSR count). The first-order valence-electron chi connectivity index (χ1n) is 9.25. The largest absolute Gasteiger partial charge is 0.496 e. The van der Waals surface area contributed by atoms with Gasteiger partial charge in [0.05, 0.1) is 28.8 Å². The number of H-pyrrole nitrogens is 1. The van der Waals surface area contributed by atoms with E-state index in [0.29, 0.717) is 27.6 Å². The summed E-state index contributed by atoms with van der Waals surface area (Å²) in [4.78, 5) is 18.9. The Morgan fingerprint density at radius 3 is 2.56 bits per heavy atom. The third-order valence-electron chi connectivity index (χ3n) is 4.59. The lowest BCUT2D eigenvalue weighted by Gasteiger charge is -2.10. The van der Waals surface area contributed by atoms with Crippen LogP contribution in [0.25, 0.3) is 22.0 Å². The van der Waals surface area contributed by atoms with E-state index in [1.165, 1.54) is 30.6 Å². The molecule has 0 unspecified atom stereocenters. The van der Waals surface area contributed by atoms with Gasteiger partial charge >= 0.3 is 11.9 Å². The molecule has 2 aromatic heterocycles. The molecule has 0 aliphatic carbocycles. The molecule has 0 bridgehead atoms. The number of halogens is 3. The van der Waals surface area contributed by atoms with Crippen molar-refractivity contribution in [2.75, 3.05) is 7.11 Å². The molecule has 7 nitrogen and oxygen atoms in total. The van der Waals surface area contributed by atoms with Gasteiger partial charge in [0.25, 0.3) is 0 Å². The molecular weight excluding hydrogens is 447 g/mol. The van der Waals surface area contributed by atoms with E-state index in [-0.39, 0.29) is 13.9 Å². The van der Waals surface area contributed by atoms with Crippen LogP contribution in [0.4, 0.5) is 13.2 Å². The number of thiazole rings is 1. The smallest absolute Gasteiger partial charge is 0.439 e. The van der Waals surface area contributed by atoms with Crippen molar-refractivity contribution in [2.45, 2.75) is 19.7 Å². The lowest BCUT2D eigenvalue weighted by atomic mass is 10.1. The van der Waals surface area contributed by atoms with Crippen LogP contribution in [0.15, 0.2) is 51.8 Å². The summed E-state index contributed by atoms with van der Waals surface area (Å²) in [5, 5.41) is 4.26. The van der Waals surface area contributed by atoms with Crippen molar-refractivity contribution in [1.29, 1.82) is 0 Å². The van der Waals surface area contributed by atoms with E-state index in [1.807, 2.05) is 6.92 Å². The number of hydrogen-bond acceptors (Lipinski definition) is 7. The maximum Gasteiger partial charge on any atom is 0.439 e. The number of nitrogens with one attached hydrogen (secondary N) is 1. The van der Waals surface area contributed by atoms with E-state index in [9.17, 15) is 18.0 Å². The van der Waals surface area contributed by atoms with E-state index in [4.69, 9.17) is 9.47 Å². The highest BCUT2D eigenvalue weighted by Crippen LogP contribution is 2.34. The molecule has 2 heterocycles. The Morgan fingerprint density at radius 2 is 1.94 bits per heavy atom. The van der Waals surface area contributed by atoms with Gasteiger partial charge in [-0.1, -0.05) is 17.3 Å². The lowest BCUT2D eigenvalue weighted by Crippen LogP contribution is -2.03. The molecule has 0 spiro atoms. The molecule has 0 saturated heterocycles. The number of hydrogen-bond donors (Lipinski definition) is 1. The predicted octanol–water partition coefficient (Wildman–Crippen LogP) is 5.31. The van der Waals surface area contributed by atoms with Crippen LogP contribution in [0, 0.1) is 6.92 Å². The zero-order valence-electron chi connectivity index (χ0n) is 16.8. The summed E-state index contributed by atoms with van der Waals surface area (Å²) in [6.45, 7) is 2.03. The van der Waals surface area contributed by atoms with Crippen LogP contribution < -0.4 is 15.2 Å². The summed E-state index contributed by atoms with van der Waals surface area (Å²) in [7, 11) is 1.48. The van der Waals surface area contributed by atoms with Gasteiger partial charge in [-0.3, -0.25) is 9.51 Å². The molecular formula is C21H18F3N3O4S. The average Bonchev–Trinajstić information content (AvgIpc) is 3.37. The minimum absolute atomic E-state index is 0. The van der Waals surface area contributed by atoms with Crippen LogP contribution in [-0.2, 0) is 12.8 Å². The van der Waals surface area contributed by atoms with E-state index in [2.05, 4.69) is 19.6 Å². The van der Waals surface area contributed by atoms with Crippen LogP contribution in [0.1, 0.15) is 17.6 Å². The zero-order valence-corrected chi connectivity index (χ0v) is 17.6. The summed E-state index contributed by atoms with van der Waals surface area (Å²) < 4.78 is 54.0. The summed E-state index contributed by atoms with van der Waals surface area (Å²) >= 11 is 1.35. The second-order valence-corrected chi connectivity index (χ2v) is 7.78. The molecule has 2 aromatic carbocycles. The first-order chi connectivity index (χ1) is 15.2. The van der Waals surface area contributed by atoms with Crippen LogP contribution in [0.3, 0.4) is 0 Å². The van der Waals surface area contributed by atoms with Crippen molar-refractivity contribution in [3.05, 3.63) is 69.1 Å². The number of benzene rings is 2. The highest BCUT2D eigenvalue weighted by Gasteiger charge is 2.30. The fourth-order valence-electron chi connectivity index (χ4n) is 2.94. The quantitative estimate of drug-likeness (QED) is 0.415. The van der Waals surface area contributed by atoms with E-state index >= 15 is 0 Å². The van der Waals surface area contributed by atoms with Crippen molar-refractivity contribution in [2.24, 2.45) is 0 Å². The van der Waals surface area contributed by atoms with Crippen molar-refractivity contribution >= 4 is 11.3 Å². The van der Waals surface area contributed by atoms with Gasteiger partial charge in [-0.2, -0.15) is 13.2 Å². The van der Waals surface area contributed by atoms with E-state index in [0.717, 1.165) is 22.7 Å². The number of alkyl halides is 3. The third kappa shape index (κ3) is 4.52. The summed E-state index contributed by atoms with van der Waals surface area (Å²) in [6, 6.07) is 9.91. The molecule has 0 atom stereocenters. The van der Waals surface area contributed by atoms with Crippen molar-refractivity contribution in [1.82, 2.24) is 15.1 Å². The SMILES string of the molecule is COc1cc(OCc2sc(-c3ccc(C(F)(F)F)cc3)nc2C)ccc1-c1noc(=O)[nH]1.[HH]. The second-order valence-electron chi connectivity index (χ2n) is 6.70. The summed E-state index contributed by atoms with van der Waals surface area (Å²) in [5.74, 6) is 0.503. The number of rotatable bonds is 6. The minimum Gasteiger partial charge on any atom is -0.496 e. The summed E-state index contributed by atoms with van der Waals surface area (Å²) in [5.41, 5.74) is 1.16. The van der Waals surface area contributed by atoms with Gasteiger partial charge in [-0.15, -0.1) is 11.3 Å². The highest BCUT2D eigenvalue weighted by molar-refractivity contribution is 7.15. The average molecular weight is 465 g/mol. The van der Waals surface area contributed by atoms with Crippen LogP contribution in [-0.4, -0.2) is 22.2 Å². The Hall–Kier alpha value is -3.60. The second kappa shape index (κ2) is 8.50. The first-order valence-corrected chi connectivity index (χ1v) is 10.1. The first kappa shape index (κ1) is 21.6. The molecule has 0 amide bonds. The van der Waals surface area contributed by atoms with Gasteiger partial charge in [-0.25, -0.2) is 9.78 Å². The molecule has 0 saturated carbocycles. The predicted molar refractivity (Wildman–Crippen MR) is 113 cm³/mol. The van der Waals surface area contributed by atoms with Gasteiger partial charge in [0.1, 0.15) is 23.1 Å². The van der Waals surface area contributed by atoms with Crippen LogP contribution in [0.5, 0.6) is 11.5 Å². The maximum absolute atomic E-state index is 12.8. The van der Waals surface area contributed by atoms with E-state index < -0.39 is 17.5 Å². The van der Waals surface area contributed by atoms with Crippen molar-refractivity contribution < 1.29 is 28.6 Å². The van der Waals surface area contributed by atoms with E-state index in [1.54, 1.807) is 18.2 Å². The Morgan fingerprint density at radius 1 is 1.19 bits per heavy atom. The van der Waals surface area contributed by atoms with Gasteiger partial charge < -0.3 is 9.47 Å². The topological polar surface area (TPSA) is 90.2 Å². The molecule has 168 valence electrons. The minimum atomic E-state index is -4.38. The number of methoxy groups -OCH3 is 1. The Bertz CT molecular complexity index is 1300. The molecule has 0 aliphatic rings. The normalized spacial score (nSPS) is 11.5. The standard InChI is InChI=1S/C21H16F3N3O4S.H2/c1-11-17(32-19(25-11)12-3-5-13(6-4-12)21(22,23)24)10-30-14-7-8-15(16(9-14)29-2)18-26-20(28)31-27-18;/h3-9H,10H2,1-2H3,(H,26,27,28);1H. The fourth-order valence-corrected chi connectivity index (χ4v) is 3.92.